The predicted molar refractivity (Wildman–Crippen MR) is 87.6 cm³/mol. The minimum Gasteiger partial charge on any atom is -0.394 e. The summed E-state index contributed by atoms with van der Waals surface area (Å²) < 4.78 is 64.7. The zero-order valence-electron chi connectivity index (χ0n) is 14.2. The van der Waals surface area contributed by atoms with Gasteiger partial charge in [0.15, 0.2) is 0 Å². The molecule has 0 spiro atoms. The highest BCUT2D eigenvalue weighted by atomic mass is 32.2. The first-order valence-electron chi connectivity index (χ1n) is 8.14. The van der Waals surface area contributed by atoms with Crippen LogP contribution in [0.15, 0.2) is 29.2 Å². The Hall–Kier alpha value is -1.65. The molecule has 6 nitrogen and oxygen atoms in total. The van der Waals surface area contributed by atoms with E-state index in [-0.39, 0.29) is 38.4 Å². The molecule has 1 atom stereocenters. The van der Waals surface area contributed by atoms with Crippen molar-refractivity contribution >= 4 is 15.9 Å². The Bertz CT molecular complexity index is 744. The molecule has 1 saturated heterocycles. The van der Waals surface area contributed by atoms with Gasteiger partial charge in [0.1, 0.15) is 0 Å². The number of rotatable bonds is 5. The quantitative estimate of drug-likeness (QED) is 0.794. The van der Waals surface area contributed by atoms with E-state index in [1.807, 2.05) is 0 Å². The van der Waals surface area contributed by atoms with Crippen molar-refractivity contribution in [2.45, 2.75) is 36.9 Å². The van der Waals surface area contributed by atoms with E-state index in [0.717, 1.165) is 22.5 Å². The van der Waals surface area contributed by atoms with E-state index in [1.54, 1.807) is 6.92 Å². The first kappa shape index (κ1) is 20.7. The van der Waals surface area contributed by atoms with Gasteiger partial charge in [-0.25, -0.2) is 8.42 Å². The molecule has 1 aromatic rings. The molecule has 0 aliphatic carbocycles. The lowest BCUT2D eigenvalue weighted by atomic mass is 9.97. The summed E-state index contributed by atoms with van der Waals surface area (Å²) >= 11 is 0. The van der Waals surface area contributed by atoms with Gasteiger partial charge in [-0.15, -0.1) is 0 Å². The number of aliphatic hydroxyl groups is 1. The monoisotopic (exact) mass is 394 g/mol. The van der Waals surface area contributed by atoms with Crippen molar-refractivity contribution in [3.8, 4) is 0 Å². The highest BCUT2D eigenvalue weighted by Gasteiger charge is 2.35. The molecule has 1 amide bonds. The molecule has 146 valence electrons. The van der Waals surface area contributed by atoms with E-state index in [0.29, 0.717) is 6.07 Å². The lowest BCUT2D eigenvalue weighted by Gasteiger charge is -2.31. The summed E-state index contributed by atoms with van der Waals surface area (Å²) in [6, 6.07) is 3.24. The molecule has 2 N–H and O–H groups in total. The number of halogens is 3. The number of amides is 1. The third-order valence-corrected chi connectivity index (χ3v) is 6.18. The van der Waals surface area contributed by atoms with E-state index >= 15 is 0 Å². The van der Waals surface area contributed by atoms with Crippen molar-refractivity contribution in [3.05, 3.63) is 29.8 Å². The van der Waals surface area contributed by atoms with Crippen LogP contribution in [-0.2, 0) is 21.0 Å². The summed E-state index contributed by atoms with van der Waals surface area (Å²) in [5, 5.41) is 11.6. The minimum atomic E-state index is -4.62. The van der Waals surface area contributed by atoms with Crippen molar-refractivity contribution in [2.75, 3.05) is 19.7 Å². The molecule has 1 aliphatic heterocycles. The maximum Gasteiger partial charge on any atom is 0.416 e. The van der Waals surface area contributed by atoms with Crippen LogP contribution in [0.3, 0.4) is 0 Å². The van der Waals surface area contributed by atoms with E-state index in [9.17, 15) is 26.4 Å². The number of carbonyl (C=O) groups excluding carboxylic acids is 1. The molecular weight excluding hydrogens is 373 g/mol. The number of benzene rings is 1. The lowest BCUT2D eigenvalue weighted by molar-refractivity contribution is -0.137. The Morgan fingerprint density at radius 2 is 1.96 bits per heavy atom. The van der Waals surface area contributed by atoms with E-state index in [4.69, 9.17) is 5.11 Å². The molecule has 26 heavy (non-hydrogen) atoms. The van der Waals surface area contributed by atoms with Crippen LogP contribution in [0.5, 0.6) is 0 Å². The first-order valence-corrected chi connectivity index (χ1v) is 9.58. The molecule has 1 aliphatic rings. The molecule has 0 unspecified atom stereocenters. The summed E-state index contributed by atoms with van der Waals surface area (Å²) in [6.07, 6.45) is -4.09. The lowest BCUT2D eigenvalue weighted by Crippen LogP contribution is -2.45. The molecule has 2 rings (SSSR count). The summed E-state index contributed by atoms with van der Waals surface area (Å²) in [5.74, 6) is -0.653. The topological polar surface area (TPSA) is 86.7 Å². The highest BCUT2D eigenvalue weighted by molar-refractivity contribution is 7.89. The van der Waals surface area contributed by atoms with Gasteiger partial charge in [0.2, 0.25) is 15.9 Å². The van der Waals surface area contributed by atoms with Crippen LogP contribution >= 0.6 is 0 Å². The van der Waals surface area contributed by atoms with Crippen molar-refractivity contribution < 1.29 is 31.5 Å². The third-order valence-electron chi connectivity index (χ3n) is 4.29. The van der Waals surface area contributed by atoms with Gasteiger partial charge in [-0.1, -0.05) is 6.07 Å². The maximum absolute atomic E-state index is 12.8. The normalized spacial score (nSPS) is 18.5. The van der Waals surface area contributed by atoms with E-state index < -0.39 is 38.6 Å². The van der Waals surface area contributed by atoms with Gasteiger partial charge in [-0.2, -0.15) is 17.5 Å². The Kier molecular flexibility index (Phi) is 6.30. The van der Waals surface area contributed by atoms with Crippen molar-refractivity contribution in [3.63, 3.8) is 0 Å². The van der Waals surface area contributed by atoms with Gasteiger partial charge in [0.25, 0.3) is 0 Å². The van der Waals surface area contributed by atoms with Crippen molar-refractivity contribution in [1.29, 1.82) is 0 Å². The largest absolute Gasteiger partial charge is 0.416 e. The summed E-state index contributed by atoms with van der Waals surface area (Å²) in [5.41, 5.74) is -1.02. The third kappa shape index (κ3) is 4.74. The van der Waals surface area contributed by atoms with Crippen LogP contribution in [-0.4, -0.2) is 49.5 Å². The molecule has 0 radical (unpaired) electrons. The van der Waals surface area contributed by atoms with Gasteiger partial charge in [-0.3, -0.25) is 4.79 Å². The van der Waals surface area contributed by atoms with Crippen LogP contribution in [0.2, 0.25) is 0 Å². The highest BCUT2D eigenvalue weighted by Crippen LogP contribution is 2.32. The van der Waals surface area contributed by atoms with Crippen LogP contribution in [0.1, 0.15) is 25.3 Å². The Morgan fingerprint density at radius 1 is 1.35 bits per heavy atom. The fourth-order valence-corrected chi connectivity index (χ4v) is 4.26. The van der Waals surface area contributed by atoms with Crippen LogP contribution in [0, 0.1) is 5.92 Å². The zero-order valence-corrected chi connectivity index (χ0v) is 15.0. The van der Waals surface area contributed by atoms with Crippen molar-refractivity contribution in [2.24, 2.45) is 5.92 Å². The smallest absolute Gasteiger partial charge is 0.394 e. The summed E-state index contributed by atoms with van der Waals surface area (Å²) in [7, 11) is -4.06. The van der Waals surface area contributed by atoms with Crippen LogP contribution < -0.4 is 5.32 Å². The van der Waals surface area contributed by atoms with Gasteiger partial charge in [0.05, 0.1) is 17.1 Å². The zero-order chi connectivity index (χ0) is 19.5. The van der Waals surface area contributed by atoms with Crippen LogP contribution in [0.25, 0.3) is 0 Å². The van der Waals surface area contributed by atoms with Gasteiger partial charge in [0, 0.05) is 25.0 Å². The number of piperidine rings is 1. The number of hydrogen-bond acceptors (Lipinski definition) is 4. The number of nitrogens with zero attached hydrogens (tertiary/aromatic N) is 1. The number of sulfonamides is 1. The fourth-order valence-electron chi connectivity index (χ4n) is 2.75. The Balaban J connectivity index is 2.08. The average Bonchev–Trinajstić information content (AvgIpc) is 2.61. The molecular formula is C16H21F3N2O4S. The maximum atomic E-state index is 12.8. The summed E-state index contributed by atoms with van der Waals surface area (Å²) in [6.45, 7) is 1.54. The first-order chi connectivity index (χ1) is 12.1. The second-order valence-electron chi connectivity index (χ2n) is 6.30. The Morgan fingerprint density at radius 3 is 2.50 bits per heavy atom. The fraction of sp³-hybridized carbons (Fsp3) is 0.562. The minimum absolute atomic E-state index is 0.0458. The number of alkyl halides is 3. The van der Waals surface area contributed by atoms with E-state index in [2.05, 4.69) is 5.32 Å². The van der Waals surface area contributed by atoms with Gasteiger partial charge >= 0.3 is 6.18 Å². The average molecular weight is 394 g/mol. The molecule has 1 fully saturated rings. The molecule has 0 bridgehead atoms. The standard InChI is InChI=1S/C16H21F3N2O4S/c1-11(10-22)20-15(23)12-5-7-21(8-6-12)26(24,25)14-4-2-3-13(9-14)16(17,18)19/h2-4,9,11-12,22H,5-8,10H2,1H3,(H,20,23)/t11-/m1/s1. The van der Waals surface area contributed by atoms with Gasteiger partial charge in [-0.05, 0) is 38.0 Å². The van der Waals surface area contributed by atoms with E-state index in [1.165, 1.54) is 0 Å². The number of aliphatic hydroxyl groups excluding tert-OH is 1. The Labute approximate surface area is 150 Å². The molecule has 0 aromatic heterocycles. The number of hydrogen-bond donors (Lipinski definition) is 2. The van der Waals surface area contributed by atoms with Crippen molar-refractivity contribution in [1.82, 2.24) is 9.62 Å². The second kappa shape index (κ2) is 7.93. The second-order valence-corrected chi connectivity index (χ2v) is 8.23. The molecule has 1 heterocycles. The predicted octanol–water partition coefficient (Wildman–Crippen LogP) is 1.60. The van der Waals surface area contributed by atoms with Crippen LogP contribution in [0.4, 0.5) is 13.2 Å². The number of carbonyl (C=O) groups is 1. The molecule has 10 heteroatoms. The SMILES string of the molecule is C[C@H](CO)NC(=O)C1CCN(S(=O)(=O)c2cccc(C(F)(F)F)c2)CC1. The summed E-state index contributed by atoms with van der Waals surface area (Å²) in [4.78, 5) is 11.6. The van der Waals surface area contributed by atoms with Gasteiger partial charge < -0.3 is 10.4 Å². The molecule has 0 saturated carbocycles. The number of nitrogens with one attached hydrogen (secondary N) is 1. The molecule has 1 aromatic carbocycles.